The Morgan fingerprint density at radius 2 is 2.08 bits per heavy atom. The molecule has 132 valence electrons. The van der Waals surface area contributed by atoms with Gasteiger partial charge in [-0.05, 0) is 19.4 Å². The van der Waals surface area contributed by atoms with E-state index in [-0.39, 0.29) is 23.8 Å². The smallest absolute Gasteiger partial charge is 0.257 e. The summed E-state index contributed by atoms with van der Waals surface area (Å²) in [7, 11) is 0. The van der Waals surface area contributed by atoms with E-state index < -0.39 is 0 Å². The summed E-state index contributed by atoms with van der Waals surface area (Å²) in [4.78, 5) is 32.2. The molecule has 3 rings (SSSR count). The summed E-state index contributed by atoms with van der Waals surface area (Å²) < 4.78 is 5.69. The summed E-state index contributed by atoms with van der Waals surface area (Å²) in [6.07, 6.45) is 1.17. The fraction of sp³-hybridized carbons (Fsp3) is 0.389. The number of rotatable bonds is 6. The number of thioether (sulfide) groups is 1. The maximum atomic E-state index is 12.7. The van der Waals surface area contributed by atoms with Crippen molar-refractivity contribution >= 4 is 23.5 Å². The van der Waals surface area contributed by atoms with Gasteiger partial charge in [0, 0.05) is 23.7 Å². The number of aromatic nitrogens is 2. The number of ether oxygens (including phenoxy) is 1. The normalized spacial score (nSPS) is 16.2. The van der Waals surface area contributed by atoms with Crippen molar-refractivity contribution in [1.29, 1.82) is 0 Å². The van der Waals surface area contributed by atoms with Gasteiger partial charge in [0.2, 0.25) is 5.91 Å². The summed E-state index contributed by atoms with van der Waals surface area (Å²) in [5.74, 6) is 1.39. The monoisotopic (exact) mass is 359 g/mol. The quantitative estimate of drug-likeness (QED) is 0.611. The number of amides is 1. The molecule has 7 heteroatoms. The maximum absolute atomic E-state index is 12.7. The van der Waals surface area contributed by atoms with Crippen molar-refractivity contribution in [2.45, 2.75) is 37.8 Å². The Morgan fingerprint density at radius 3 is 2.84 bits per heavy atom. The standard InChI is InChI=1S/C18H21N3O3S/c1-3-9-25-18-20-16-15(17(23)21-18)12(10-14(22)19-16)11-7-5-6-8-13(11)24-4-2/h5-8,12H,3-4,9-10H2,1-2H3,(H2,19,20,21,22,23). The Hall–Kier alpha value is -2.28. The van der Waals surface area contributed by atoms with Crippen molar-refractivity contribution in [1.82, 2.24) is 9.97 Å². The highest BCUT2D eigenvalue weighted by atomic mass is 32.2. The number of nitrogens with zero attached hydrogens (tertiary/aromatic N) is 1. The van der Waals surface area contributed by atoms with Crippen LogP contribution in [0.15, 0.2) is 34.2 Å². The highest BCUT2D eigenvalue weighted by Crippen LogP contribution is 2.38. The third kappa shape index (κ3) is 3.71. The Bertz CT molecular complexity index is 835. The molecular formula is C18H21N3O3S. The van der Waals surface area contributed by atoms with Gasteiger partial charge in [-0.15, -0.1) is 0 Å². The SMILES string of the molecule is CCCSc1nc2c(c(=O)[nH]1)C(c1ccccc1OCC)CC(=O)N2. The molecule has 25 heavy (non-hydrogen) atoms. The number of para-hydroxylation sites is 1. The molecule has 0 spiro atoms. The molecule has 6 nitrogen and oxygen atoms in total. The fourth-order valence-electron chi connectivity index (χ4n) is 2.94. The number of nitrogens with one attached hydrogen (secondary N) is 2. The van der Waals surface area contributed by atoms with E-state index >= 15 is 0 Å². The van der Waals surface area contributed by atoms with E-state index in [1.807, 2.05) is 31.2 Å². The van der Waals surface area contributed by atoms with E-state index in [9.17, 15) is 9.59 Å². The number of anilines is 1. The van der Waals surface area contributed by atoms with Gasteiger partial charge in [0.1, 0.15) is 11.6 Å². The topological polar surface area (TPSA) is 84.1 Å². The van der Waals surface area contributed by atoms with Gasteiger partial charge in [-0.1, -0.05) is 36.9 Å². The minimum absolute atomic E-state index is 0.145. The van der Waals surface area contributed by atoms with Crippen molar-refractivity contribution < 1.29 is 9.53 Å². The predicted molar refractivity (Wildman–Crippen MR) is 98.6 cm³/mol. The highest BCUT2D eigenvalue weighted by Gasteiger charge is 2.32. The third-order valence-corrected chi connectivity index (χ3v) is 5.05. The average molecular weight is 359 g/mol. The van der Waals surface area contributed by atoms with E-state index in [0.717, 1.165) is 17.7 Å². The van der Waals surface area contributed by atoms with Gasteiger partial charge in [0.25, 0.3) is 5.56 Å². The first-order valence-electron chi connectivity index (χ1n) is 8.42. The molecule has 1 aromatic carbocycles. The fourth-order valence-corrected chi connectivity index (χ4v) is 3.66. The Labute approximate surface area is 150 Å². The van der Waals surface area contributed by atoms with E-state index in [2.05, 4.69) is 22.2 Å². The molecular weight excluding hydrogens is 338 g/mol. The van der Waals surface area contributed by atoms with E-state index in [4.69, 9.17) is 4.74 Å². The van der Waals surface area contributed by atoms with Crippen LogP contribution in [0.4, 0.5) is 5.82 Å². The second-order valence-electron chi connectivity index (χ2n) is 5.76. The predicted octanol–water partition coefficient (Wildman–Crippen LogP) is 3.14. The first-order valence-corrected chi connectivity index (χ1v) is 9.41. The first kappa shape index (κ1) is 17.5. The van der Waals surface area contributed by atoms with Crippen molar-refractivity contribution in [3.05, 3.63) is 45.7 Å². The molecule has 2 N–H and O–H groups in total. The Kier molecular flexibility index (Phi) is 5.43. The number of hydrogen-bond acceptors (Lipinski definition) is 5. The number of benzene rings is 1. The first-order chi connectivity index (χ1) is 12.1. The van der Waals surface area contributed by atoms with Crippen LogP contribution < -0.4 is 15.6 Å². The summed E-state index contributed by atoms with van der Waals surface area (Å²) in [5.41, 5.74) is 1.12. The third-order valence-electron chi connectivity index (χ3n) is 3.97. The van der Waals surface area contributed by atoms with Gasteiger partial charge in [-0.25, -0.2) is 4.98 Å². The van der Waals surface area contributed by atoms with E-state index in [0.29, 0.717) is 28.9 Å². The number of carbonyl (C=O) groups is 1. The van der Waals surface area contributed by atoms with Crippen LogP contribution in [0, 0.1) is 0 Å². The molecule has 1 aliphatic heterocycles. The van der Waals surface area contributed by atoms with Crippen molar-refractivity contribution in [3.63, 3.8) is 0 Å². The summed E-state index contributed by atoms with van der Waals surface area (Å²) in [6.45, 7) is 4.49. The second kappa shape index (κ2) is 7.74. The van der Waals surface area contributed by atoms with Crippen LogP contribution in [0.2, 0.25) is 0 Å². The van der Waals surface area contributed by atoms with Crippen LogP contribution in [0.25, 0.3) is 0 Å². The van der Waals surface area contributed by atoms with Gasteiger partial charge in [0.15, 0.2) is 5.16 Å². The number of H-pyrrole nitrogens is 1. The summed E-state index contributed by atoms with van der Waals surface area (Å²) in [5, 5.41) is 3.28. The van der Waals surface area contributed by atoms with Crippen molar-refractivity contribution in [2.24, 2.45) is 0 Å². The van der Waals surface area contributed by atoms with Crippen molar-refractivity contribution in [2.75, 3.05) is 17.7 Å². The largest absolute Gasteiger partial charge is 0.494 e. The molecule has 2 heterocycles. The minimum Gasteiger partial charge on any atom is -0.494 e. The lowest BCUT2D eigenvalue weighted by Gasteiger charge is -2.25. The Morgan fingerprint density at radius 1 is 1.28 bits per heavy atom. The average Bonchev–Trinajstić information content (AvgIpc) is 2.59. The number of aromatic amines is 1. The molecule has 0 fully saturated rings. The molecule has 2 aromatic rings. The van der Waals surface area contributed by atoms with Gasteiger partial charge >= 0.3 is 0 Å². The molecule has 1 aliphatic rings. The minimum atomic E-state index is -0.368. The lowest BCUT2D eigenvalue weighted by molar-refractivity contribution is -0.116. The molecule has 1 unspecified atom stereocenters. The van der Waals surface area contributed by atoms with Gasteiger partial charge in [-0.3, -0.25) is 9.59 Å². The van der Waals surface area contributed by atoms with Crippen LogP contribution in [0.1, 0.15) is 43.7 Å². The number of fused-ring (bicyclic) bond motifs is 1. The molecule has 1 atom stereocenters. The van der Waals surface area contributed by atoms with Crippen LogP contribution >= 0.6 is 11.8 Å². The number of carbonyl (C=O) groups excluding carboxylic acids is 1. The maximum Gasteiger partial charge on any atom is 0.257 e. The zero-order valence-corrected chi connectivity index (χ0v) is 15.1. The van der Waals surface area contributed by atoms with Gasteiger partial charge in [-0.2, -0.15) is 0 Å². The molecule has 0 bridgehead atoms. The van der Waals surface area contributed by atoms with Crippen LogP contribution in [-0.4, -0.2) is 28.2 Å². The van der Waals surface area contributed by atoms with Gasteiger partial charge < -0.3 is 15.0 Å². The van der Waals surface area contributed by atoms with Crippen LogP contribution in [0.5, 0.6) is 5.75 Å². The number of hydrogen-bond donors (Lipinski definition) is 2. The lowest BCUT2D eigenvalue weighted by atomic mass is 9.86. The van der Waals surface area contributed by atoms with Gasteiger partial charge in [0.05, 0.1) is 12.2 Å². The Balaban J connectivity index is 2.08. The molecule has 0 saturated heterocycles. The van der Waals surface area contributed by atoms with E-state index in [1.54, 1.807) is 0 Å². The van der Waals surface area contributed by atoms with Crippen molar-refractivity contribution in [3.8, 4) is 5.75 Å². The highest BCUT2D eigenvalue weighted by molar-refractivity contribution is 7.99. The zero-order chi connectivity index (χ0) is 17.8. The molecule has 0 aliphatic carbocycles. The lowest BCUT2D eigenvalue weighted by Crippen LogP contribution is -2.31. The van der Waals surface area contributed by atoms with E-state index in [1.165, 1.54) is 11.8 Å². The van der Waals surface area contributed by atoms with Crippen LogP contribution in [0.3, 0.4) is 0 Å². The molecule has 0 saturated carbocycles. The zero-order valence-electron chi connectivity index (χ0n) is 14.3. The molecule has 1 amide bonds. The summed E-state index contributed by atoms with van der Waals surface area (Å²) in [6, 6.07) is 7.53. The molecule has 1 aromatic heterocycles. The molecule has 0 radical (unpaired) electrons. The van der Waals surface area contributed by atoms with Crippen LogP contribution in [-0.2, 0) is 4.79 Å². The second-order valence-corrected chi connectivity index (χ2v) is 6.84. The summed E-state index contributed by atoms with van der Waals surface area (Å²) >= 11 is 1.47.